The van der Waals surface area contributed by atoms with Crippen LogP contribution in [0.1, 0.15) is 30.4 Å². The fourth-order valence-corrected chi connectivity index (χ4v) is 6.05. The molecule has 1 atom stereocenters. The number of alkyl halides is 3. The quantitative estimate of drug-likeness (QED) is 0.465. The molecule has 1 spiro atoms. The lowest BCUT2D eigenvalue weighted by molar-refractivity contribution is -0.137. The second-order valence-corrected chi connectivity index (χ2v) is 9.89. The third kappa shape index (κ3) is 3.64. The highest BCUT2D eigenvalue weighted by Crippen LogP contribution is 2.50. The number of carbonyl (C=O) groups excluding carboxylic acids is 1. The molecule has 1 N–H and O–H groups in total. The van der Waals surface area contributed by atoms with Gasteiger partial charge in [0.15, 0.2) is 5.11 Å². The number of hydrogen-bond acceptors (Lipinski definition) is 6. The summed E-state index contributed by atoms with van der Waals surface area (Å²) in [5.41, 5.74) is -3.44. The maximum absolute atomic E-state index is 15.0. The summed E-state index contributed by atoms with van der Waals surface area (Å²) in [6, 6.07) is 7.44. The number of hydrogen-bond donors (Lipinski definition) is 1. The van der Waals surface area contributed by atoms with Crippen molar-refractivity contribution in [2.24, 2.45) is 0 Å². The van der Waals surface area contributed by atoms with Crippen LogP contribution in [0.25, 0.3) is 0 Å². The summed E-state index contributed by atoms with van der Waals surface area (Å²) in [4.78, 5) is 16.7. The molecule has 1 saturated heterocycles. The molecule has 0 aromatic heterocycles. The monoisotopic (exact) mass is 523 g/mol. The van der Waals surface area contributed by atoms with Crippen molar-refractivity contribution in [1.82, 2.24) is 0 Å². The first-order valence-corrected chi connectivity index (χ1v) is 12.0. The van der Waals surface area contributed by atoms with Crippen LogP contribution in [-0.4, -0.2) is 40.1 Å². The van der Waals surface area contributed by atoms with Gasteiger partial charge in [0.25, 0.3) is 5.91 Å². The van der Waals surface area contributed by atoms with Crippen LogP contribution >= 0.6 is 24.0 Å². The summed E-state index contributed by atoms with van der Waals surface area (Å²) in [6.45, 7) is -0.132. The second kappa shape index (κ2) is 8.36. The average molecular weight is 524 g/mol. The number of benzene rings is 2. The van der Waals surface area contributed by atoms with Gasteiger partial charge in [0.2, 0.25) is 0 Å². The molecule has 1 aliphatic carbocycles. The summed E-state index contributed by atoms with van der Waals surface area (Å²) in [5.74, 6) is -0.670. The maximum Gasteiger partial charge on any atom is 0.417 e. The molecule has 0 radical (unpaired) electrons. The lowest BCUT2D eigenvalue weighted by Gasteiger charge is -2.43. The number of halogens is 4. The molecule has 6 nitrogen and oxygen atoms in total. The fraction of sp³-hybridized carbons (Fsp3) is 0.348. The van der Waals surface area contributed by atoms with Gasteiger partial charge in [0, 0.05) is 11.4 Å². The van der Waals surface area contributed by atoms with E-state index in [1.807, 2.05) is 0 Å². The van der Waals surface area contributed by atoms with Crippen molar-refractivity contribution < 1.29 is 32.2 Å². The molecule has 1 unspecified atom stereocenters. The molecule has 35 heavy (non-hydrogen) atoms. The minimum Gasteiger partial charge on any atom is -0.486 e. The lowest BCUT2D eigenvalue weighted by atomic mass is 9.75. The molecule has 12 heteroatoms. The number of aliphatic hydroxyl groups is 1. The van der Waals surface area contributed by atoms with Crippen LogP contribution in [0.3, 0.4) is 0 Å². The summed E-state index contributed by atoms with van der Waals surface area (Å²) in [5, 5.41) is 18.3. The predicted octanol–water partition coefficient (Wildman–Crippen LogP) is 4.62. The van der Waals surface area contributed by atoms with Gasteiger partial charge in [-0.05, 0) is 61.8 Å². The highest BCUT2D eigenvalue weighted by atomic mass is 32.2. The molecule has 2 aromatic rings. The molecule has 0 bridgehead atoms. The molecule has 2 aromatic carbocycles. The Hall–Kier alpha value is -2.88. The van der Waals surface area contributed by atoms with Gasteiger partial charge in [0.1, 0.15) is 23.2 Å². The molecule has 182 valence electrons. The molecule has 5 rings (SSSR count). The van der Waals surface area contributed by atoms with E-state index >= 15 is 0 Å². The van der Waals surface area contributed by atoms with Crippen LogP contribution in [0, 0.1) is 17.1 Å². The molecular weight excluding hydrogens is 506 g/mol. The van der Waals surface area contributed by atoms with Gasteiger partial charge in [-0.25, -0.2) is 4.39 Å². The summed E-state index contributed by atoms with van der Waals surface area (Å²) >= 11 is 7.01. The number of carbonyl (C=O) groups is 1. The number of nitrogens with zero attached hydrogens (tertiary/aromatic N) is 3. The highest BCUT2D eigenvalue weighted by Gasteiger charge is 2.60. The van der Waals surface area contributed by atoms with E-state index in [9.17, 15) is 27.5 Å². The van der Waals surface area contributed by atoms with Crippen LogP contribution in [0.2, 0.25) is 0 Å². The smallest absolute Gasteiger partial charge is 0.417 e. The fourth-order valence-electron chi connectivity index (χ4n) is 4.59. The third-order valence-corrected chi connectivity index (χ3v) is 7.99. The van der Waals surface area contributed by atoms with E-state index in [1.165, 1.54) is 17.8 Å². The zero-order chi connectivity index (χ0) is 25.1. The Morgan fingerprint density at radius 3 is 2.63 bits per heavy atom. The summed E-state index contributed by atoms with van der Waals surface area (Å²) in [6.07, 6.45) is -3.76. The zero-order valence-electron chi connectivity index (χ0n) is 17.9. The van der Waals surface area contributed by atoms with Crippen molar-refractivity contribution in [3.05, 3.63) is 47.3 Å². The number of fused-ring (bicyclic) bond motifs is 1. The number of amides is 1. The van der Waals surface area contributed by atoms with Crippen molar-refractivity contribution in [3.8, 4) is 11.8 Å². The van der Waals surface area contributed by atoms with Crippen molar-refractivity contribution >= 4 is 46.4 Å². The first kappa shape index (κ1) is 23.8. The summed E-state index contributed by atoms with van der Waals surface area (Å²) < 4.78 is 61.4. The van der Waals surface area contributed by atoms with Crippen molar-refractivity contribution in [1.29, 1.82) is 5.26 Å². The van der Waals surface area contributed by atoms with Crippen LogP contribution < -0.4 is 14.5 Å². The van der Waals surface area contributed by atoms with Crippen LogP contribution in [0.5, 0.6) is 5.75 Å². The van der Waals surface area contributed by atoms with E-state index in [2.05, 4.69) is 0 Å². The van der Waals surface area contributed by atoms with E-state index in [0.29, 0.717) is 48.6 Å². The van der Waals surface area contributed by atoms with Gasteiger partial charge in [0.05, 0.1) is 34.4 Å². The van der Waals surface area contributed by atoms with E-state index < -0.39 is 40.3 Å². The van der Waals surface area contributed by atoms with E-state index in [0.717, 1.165) is 9.80 Å². The van der Waals surface area contributed by atoms with Crippen LogP contribution in [0.15, 0.2) is 35.2 Å². The van der Waals surface area contributed by atoms with Gasteiger partial charge >= 0.3 is 6.18 Å². The first-order chi connectivity index (χ1) is 16.6. The normalized spacial score (nSPS) is 21.0. The largest absolute Gasteiger partial charge is 0.486 e. The standard InChI is InChI=1S/C23H17F4N3O3S2/c24-16-6-12(9-28)15(23(25,26)27)8-17(16)29-20(32)22(4-1-5-22)30(21(29)34)13-2-3-18-19(7-13)35-11-14(10-31)33-18/h2-3,6-8,14,31H,1,4-5,10-11H2. The molecular formula is C23H17F4N3O3S2. The van der Waals surface area contributed by atoms with Gasteiger partial charge in [-0.2, -0.15) is 18.4 Å². The zero-order valence-corrected chi connectivity index (χ0v) is 19.6. The van der Waals surface area contributed by atoms with Crippen LogP contribution in [0.4, 0.5) is 28.9 Å². The average Bonchev–Trinajstić information content (AvgIpc) is 3.04. The minimum atomic E-state index is -4.92. The Balaban J connectivity index is 1.59. The number of nitriles is 1. The SMILES string of the molecule is N#Cc1cc(F)c(N2C(=O)C3(CCC3)N(c3ccc4c(c3)SCC(CO)O4)C2=S)cc1C(F)(F)F. The number of ether oxygens (including phenoxy) is 1. The third-order valence-electron chi connectivity index (χ3n) is 6.45. The molecule has 2 heterocycles. The Kier molecular flexibility index (Phi) is 5.69. The minimum absolute atomic E-state index is 0.132. The van der Waals surface area contributed by atoms with Crippen molar-refractivity contribution in [2.75, 3.05) is 22.2 Å². The Morgan fingerprint density at radius 2 is 2.03 bits per heavy atom. The van der Waals surface area contributed by atoms with E-state index in [4.69, 9.17) is 22.2 Å². The predicted molar refractivity (Wildman–Crippen MR) is 124 cm³/mol. The Labute approximate surface area is 207 Å². The van der Waals surface area contributed by atoms with Gasteiger partial charge in [-0.15, -0.1) is 11.8 Å². The first-order valence-electron chi connectivity index (χ1n) is 10.6. The number of rotatable bonds is 3. The molecule has 3 aliphatic rings. The Bertz CT molecular complexity index is 1290. The van der Waals surface area contributed by atoms with Crippen molar-refractivity contribution in [2.45, 2.75) is 42.0 Å². The molecule has 1 saturated carbocycles. The lowest BCUT2D eigenvalue weighted by Crippen LogP contribution is -2.55. The number of thiocarbonyl (C=S) groups is 1. The van der Waals surface area contributed by atoms with E-state index in [-0.39, 0.29) is 17.8 Å². The van der Waals surface area contributed by atoms with Crippen molar-refractivity contribution in [3.63, 3.8) is 0 Å². The van der Waals surface area contributed by atoms with Gasteiger partial charge in [-0.3, -0.25) is 9.69 Å². The number of aliphatic hydroxyl groups excluding tert-OH is 1. The second-order valence-electron chi connectivity index (χ2n) is 8.47. The molecule has 2 aliphatic heterocycles. The van der Waals surface area contributed by atoms with E-state index in [1.54, 1.807) is 23.1 Å². The van der Waals surface area contributed by atoms with Gasteiger partial charge < -0.3 is 14.7 Å². The highest BCUT2D eigenvalue weighted by molar-refractivity contribution is 7.99. The molecule has 1 amide bonds. The number of thioether (sulfide) groups is 1. The Morgan fingerprint density at radius 1 is 1.29 bits per heavy atom. The topological polar surface area (TPSA) is 76.8 Å². The van der Waals surface area contributed by atoms with Crippen LogP contribution in [-0.2, 0) is 11.0 Å². The molecule has 2 fully saturated rings. The maximum atomic E-state index is 15.0. The summed E-state index contributed by atoms with van der Waals surface area (Å²) in [7, 11) is 0. The number of anilines is 2. The van der Waals surface area contributed by atoms with Gasteiger partial charge in [-0.1, -0.05) is 0 Å².